The molecule has 0 unspecified atom stereocenters. The van der Waals surface area contributed by atoms with Gasteiger partial charge in [0.15, 0.2) is 11.6 Å². The quantitative estimate of drug-likeness (QED) is 0.00921. The van der Waals surface area contributed by atoms with Crippen LogP contribution >= 0.6 is 0 Å². The van der Waals surface area contributed by atoms with Crippen molar-refractivity contribution < 1.29 is 85.2 Å². The molecule has 4 aliphatic heterocycles. The number of nitrogens with one attached hydrogen (secondary N) is 5. The number of Topliss-reactive ketones (excluding diaryl/α,β-unsaturated/α-hetero) is 3. The van der Waals surface area contributed by atoms with Crippen LogP contribution in [-0.2, 0) is 60.7 Å². The lowest BCUT2D eigenvalue weighted by Gasteiger charge is -2.36. The zero-order valence-corrected chi connectivity index (χ0v) is 63.6. The summed E-state index contributed by atoms with van der Waals surface area (Å²) in [5.41, 5.74) is 18.4. The van der Waals surface area contributed by atoms with Gasteiger partial charge in [0.1, 0.15) is 41.7 Å². The van der Waals surface area contributed by atoms with Crippen LogP contribution in [0.1, 0.15) is 130 Å². The summed E-state index contributed by atoms with van der Waals surface area (Å²) in [7, 11) is 0. The van der Waals surface area contributed by atoms with E-state index in [1.807, 2.05) is 58.3 Å². The minimum absolute atomic E-state index is 0.00866. The maximum atomic E-state index is 15.4. The SMILES string of the molecule is CC(C)(C)OC(=O)NC[C@H]1CN(c2ccc(N3CCN(C(=O)CCC(=O)c4ccc(CN)cc4)CC3)c(F)c2)C(=O)O1.C[C@H](NNCc1ccc(C(=O)CCC(=O)N2CCN(c3ccc(N4C[C@H](CNC(=O)OC(C)(C)C)OC4=O)cc3F)CC2)cc1)C(=O)N[C@@H](C)C(=O)C(=O)OCC1c2ccccc2-c2ccccc21. The summed E-state index contributed by atoms with van der Waals surface area (Å²) in [6.07, 6.45) is -3.52. The van der Waals surface area contributed by atoms with Crippen molar-refractivity contribution >= 4 is 88.2 Å². The van der Waals surface area contributed by atoms with Gasteiger partial charge in [-0.3, -0.25) is 44.0 Å². The molecule has 6 aromatic carbocycles. The summed E-state index contributed by atoms with van der Waals surface area (Å²) in [6, 6.07) is 36.8. The first-order valence-corrected chi connectivity index (χ1v) is 37.1. The van der Waals surface area contributed by atoms with Crippen molar-refractivity contribution in [2.45, 2.75) is 136 Å². The molecule has 7 N–H and O–H groups in total. The predicted octanol–water partition coefficient (Wildman–Crippen LogP) is 8.85. The molecule has 1 aliphatic carbocycles. The van der Waals surface area contributed by atoms with Crippen molar-refractivity contribution in [2.24, 2.45) is 5.73 Å². The average Bonchev–Trinajstić information content (AvgIpc) is 1.68. The third-order valence-electron chi connectivity index (χ3n) is 19.1. The number of rotatable bonds is 27. The Bertz CT molecular complexity index is 4360. The van der Waals surface area contributed by atoms with Gasteiger partial charge in [-0.2, -0.15) is 0 Å². The fourth-order valence-corrected chi connectivity index (χ4v) is 13.2. The number of cyclic esters (lactones) is 2. The van der Waals surface area contributed by atoms with Crippen LogP contribution in [0, 0.1) is 11.6 Å². The molecular weight excluding hydrogens is 1430 g/mol. The number of alkyl carbamates (subject to hydrolysis) is 2. The van der Waals surface area contributed by atoms with Gasteiger partial charge in [-0.15, -0.1) is 0 Å². The van der Waals surface area contributed by atoms with Crippen LogP contribution in [0.4, 0.5) is 50.7 Å². The summed E-state index contributed by atoms with van der Waals surface area (Å²) >= 11 is 0. The Morgan fingerprint density at radius 2 is 0.964 bits per heavy atom. The van der Waals surface area contributed by atoms with E-state index < -0.39 is 89.2 Å². The topological polar surface area (TPSA) is 340 Å². The van der Waals surface area contributed by atoms with Crippen molar-refractivity contribution in [3.05, 3.63) is 178 Å². The minimum Gasteiger partial charge on any atom is -0.459 e. The summed E-state index contributed by atoms with van der Waals surface area (Å²) in [5, 5.41) is 7.72. The number of benzene rings is 6. The lowest BCUT2D eigenvalue weighted by Crippen LogP contribution is -2.52. The number of anilines is 4. The number of piperazine rings is 2. The Kier molecular flexibility index (Phi) is 27.3. The summed E-state index contributed by atoms with van der Waals surface area (Å²) < 4.78 is 57.2. The molecule has 4 atom stereocenters. The molecule has 4 fully saturated rings. The normalized spacial score (nSPS) is 16.7. The third kappa shape index (κ3) is 22.2. The molecule has 590 valence electrons. The largest absolute Gasteiger partial charge is 0.459 e. The number of esters is 1. The molecule has 6 aromatic rings. The van der Waals surface area contributed by atoms with Crippen molar-refractivity contribution in [3.63, 3.8) is 0 Å². The number of nitrogens with zero attached hydrogens (tertiary/aromatic N) is 6. The number of hydrogen-bond donors (Lipinski definition) is 6. The molecule has 11 rings (SSSR count). The number of carbonyl (C=O) groups excluding carboxylic acids is 11. The second kappa shape index (κ2) is 36.9. The molecule has 4 saturated heterocycles. The van der Waals surface area contributed by atoms with Crippen LogP contribution in [0.15, 0.2) is 133 Å². The van der Waals surface area contributed by atoms with Gasteiger partial charge in [-0.25, -0.2) is 38.2 Å². The molecule has 7 amide bonds. The number of ether oxygens (including phenoxy) is 5. The fraction of sp³-hybridized carbons (Fsp3) is 0.420. The van der Waals surface area contributed by atoms with Gasteiger partial charge in [0.05, 0.1) is 61.0 Å². The Morgan fingerprint density at radius 3 is 1.38 bits per heavy atom. The first-order valence-electron chi connectivity index (χ1n) is 37.1. The Morgan fingerprint density at radius 1 is 0.541 bits per heavy atom. The van der Waals surface area contributed by atoms with Crippen LogP contribution < -0.4 is 52.1 Å². The van der Waals surface area contributed by atoms with E-state index in [1.165, 1.54) is 28.9 Å². The Hall–Kier alpha value is -11.4. The van der Waals surface area contributed by atoms with E-state index in [2.05, 4.69) is 26.8 Å². The van der Waals surface area contributed by atoms with E-state index in [-0.39, 0.29) is 87.8 Å². The molecule has 4 heterocycles. The molecular formula is C81H96F2N12O16. The van der Waals surface area contributed by atoms with Gasteiger partial charge in [-0.1, -0.05) is 97.1 Å². The van der Waals surface area contributed by atoms with Crippen LogP contribution in [0.5, 0.6) is 0 Å². The zero-order valence-electron chi connectivity index (χ0n) is 63.6. The fourth-order valence-electron chi connectivity index (χ4n) is 13.2. The molecule has 0 radical (unpaired) electrons. The number of nitrogens with two attached hydrogens (primary N) is 1. The smallest absolute Gasteiger partial charge is 0.414 e. The summed E-state index contributed by atoms with van der Waals surface area (Å²) in [6.45, 7) is 17.6. The highest BCUT2D eigenvalue weighted by Crippen LogP contribution is 2.45. The van der Waals surface area contributed by atoms with Gasteiger partial charge in [0, 0.05) is 108 Å². The van der Waals surface area contributed by atoms with E-state index in [1.54, 1.807) is 131 Å². The van der Waals surface area contributed by atoms with Gasteiger partial charge in [-0.05, 0) is 125 Å². The van der Waals surface area contributed by atoms with Crippen LogP contribution in [0.25, 0.3) is 11.1 Å². The van der Waals surface area contributed by atoms with Gasteiger partial charge in [0.2, 0.25) is 17.7 Å². The highest BCUT2D eigenvalue weighted by molar-refractivity contribution is 6.36. The standard InChI is InChI=1S/C51H58FN7O10.C30H38FN5O6/c1-31(46(62)48(64)67-30-41-39-12-8-6-10-37(39)38-11-7-9-13-40(38)41)55-47(63)32(2)56-54-27-33-14-16-34(17-15-33)44(60)20-21-45(61)58-24-22-57(23-25-58)43-19-18-35(26-42(43)52)59-29-36(68-50(59)66)28-53-49(65)69-51(3,4)5;1-30(2,3)42-28(39)33-18-23-19-36(29(40)41-23)22-8-9-25(24(31)16-22)34-12-14-35(15-13-34)27(38)11-10-26(37)21-6-4-20(17-32)5-7-21/h6-19,26,31-32,36,41,54,56H,20-25,27-30H2,1-5H3,(H,53,65)(H,55,63);4-9,16,23H,10-15,17-19,32H2,1-3H3,(H,33,39)/t31-,32-,36-;23-/m00/s1. The number of amides is 7. The highest BCUT2D eigenvalue weighted by Gasteiger charge is 2.38. The summed E-state index contributed by atoms with van der Waals surface area (Å²) in [5.74, 6) is -4.21. The maximum absolute atomic E-state index is 15.4. The molecule has 28 nitrogen and oxygen atoms in total. The Balaban J connectivity index is 0.000000266. The lowest BCUT2D eigenvalue weighted by molar-refractivity contribution is -0.155. The molecule has 30 heteroatoms. The van der Waals surface area contributed by atoms with E-state index in [4.69, 9.17) is 29.4 Å². The number of hydrogen-bond acceptors (Lipinski definition) is 21. The number of carbonyl (C=O) groups is 11. The number of fused-ring (bicyclic) bond motifs is 3. The van der Waals surface area contributed by atoms with E-state index in [9.17, 15) is 52.7 Å². The molecule has 0 saturated carbocycles. The van der Waals surface area contributed by atoms with Crippen molar-refractivity contribution in [3.8, 4) is 11.1 Å². The van der Waals surface area contributed by atoms with Crippen molar-refractivity contribution in [1.82, 2.24) is 36.6 Å². The van der Waals surface area contributed by atoms with Crippen LogP contribution in [0.2, 0.25) is 0 Å². The monoisotopic (exact) mass is 1530 g/mol. The molecule has 5 aliphatic rings. The second-order valence-electron chi connectivity index (χ2n) is 29.6. The van der Waals surface area contributed by atoms with Gasteiger partial charge >= 0.3 is 30.3 Å². The third-order valence-corrected chi connectivity index (χ3v) is 19.1. The predicted molar refractivity (Wildman–Crippen MR) is 409 cm³/mol. The van der Waals surface area contributed by atoms with Crippen LogP contribution in [-0.4, -0.2) is 196 Å². The van der Waals surface area contributed by atoms with Crippen molar-refractivity contribution in [2.75, 3.05) is 105 Å². The lowest BCUT2D eigenvalue weighted by atomic mass is 9.98. The molecule has 0 bridgehead atoms. The van der Waals surface area contributed by atoms with E-state index in [0.717, 1.165) is 33.4 Å². The zero-order chi connectivity index (χ0) is 79.8. The Labute approximate surface area is 642 Å². The van der Waals surface area contributed by atoms with Crippen LogP contribution in [0.3, 0.4) is 0 Å². The number of hydrazine groups is 1. The first-order chi connectivity index (χ1) is 52.9. The number of halogens is 2. The van der Waals surface area contributed by atoms with Gasteiger partial charge < -0.3 is 65.0 Å². The van der Waals surface area contributed by atoms with E-state index >= 15 is 8.78 Å². The molecule has 0 spiro atoms. The summed E-state index contributed by atoms with van der Waals surface area (Å²) in [4.78, 5) is 148. The average molecular weight is 1530 g/mol. The van der Waals surface area contributed by atoms with Gasteiger partial charge in [0.25, 0.3) is 5.78 Å². The second-order valence-corrected chi connectivity index (χ2v) is 29.6. The van der Waals surface area contributed by atoms with Crippen molar-refractivity contribution in [1.29, 1.82) is 0 Å². The minimum atomic E-state index is -1.11. The maximum Gasteiger partial charge on any atom is 0.414 e. The molecule has 111 heavy (non-hydrogen) atoms. The highest BCUT2D eigenvalue weighted by atomic mass is 19.1. The number of ketones is 3. The first kappa shape index (κ1) is 82.1. The molecule has 0 aromatic heterocycles. The van der Waals surface area contributed by atoms with E-state index in [0.29, 0.717) is 99.3 Å².